The Bertz CT molecular complexity index is 1040. The highest BCUT2D eigenvalue weighted by atomic mass is 16.5. The summed E-state index contributed by atoms with van der Waals surface area (Å²) >= 11 is 0. The molecule has 2 aromatic carbocycles. The lowest BCUT2D eigenvalue weighted by atomic mass is 10.1. The van der Waals surface area contributed by atoms with E-state index in [-0.39, 0.29) is 11.3 Å². The van der Waals surface area contributed by atoms with Gasteiger partial charge in [-0.25, -0.2) is 9.78 Å². The van der Waals surface area contributed by atoms with Gasteiger partial charge in [0.15, 0.2) is 5.75 Å². The van der Waals surface area contributed by atoms with Crippen molar-refractivity contribution < 1.29 is 14.6 Å². The van der Waals surface area contributed by atoms with Crippen molar-refractivity contribution in [2.75, 3.05) is 7.11 Å². The van der Waals surface area contributed by atoms with Gasteiger partial charge >= 0.3 is 5.97 Å². The van der Waals surface area contributed by atoms with Gasteiger partial charge in [0.25, 0.3) is 0 Å². The van der Waals surface area contributed by atoms with E-state index in [2.05, 4.69) is 58.5 Å². The predicted molar refractivity (Wildman–Crippen MR) is 121 cm³/mol. The molecule has 154 valence electrons. The largest absolute Gasteiger partial charge is 0.494 e. The Morgan fingerprint density at radius 1 is 0.867 bits per heavy atom. The zero-order valence-electron chi connectivity index (χ0n) is 17.7. The zero-order chi connectivity index (χ0) is 21.9. The van der Waals surface area contributed by atoms with Crippen LogP contribution >= 0.6 is 0 Å². The van der Waals surface area contributed by atoms with Gasteiger partial charge in [0.1, 0.15) is 11.1 Å². The number of rotatable bonds is 3. The van der Waals surface area contributed by atoms with Crippen molar-refractivity contribution in [2.24, 2.45) is 0 Å². The van der Waals surface area contributed by atoms with Crippen molar-refractivity contribution in [3.8, 4) is 16.9 Å². The topological polar surface area (TPSA) is 72.3 Å². The van der Waals surface area contributed by atoms with E-state index in [0.717, 1.165) is 0 Å². The molecule has 0 amide bonds. The number of hydrogen-bond acceptors (Lipinski definition) is 4. The standard InChI is InChI=1S/C12H10.C11H10N2O3.C2H6/c1-3-7-11(8-4-1)12-9-5-2-6-10-12;1-6-10(16-2)8(11(14)15)9-7(13-6)4-3-5-12-9;1-2/h1-10H;3-5H,1-2H3,(H,14,15);1-2H3. The van der Waals surface area contributed by atoms with Gasteiger partial charge in [-0.2, -0.15) is 0 Å². The minimum atomic E-state index is -1.06. The molecule has 1 N–H and O–H groups in total. The fourth-order valence-electron chi connectivity index (χ4n) is 2.91. The van der Waals surface area contributed by atoms with Gasteiger partial charge in [-0.1, -0.05) is 74.5 Å². The number of aromatic carboxylic acids is 1. The summed E-state index contributed by atoms with van der Waals surface area (Å²) < 4.78 is 5.06. The number of fused-ring (bicyclic) bond motifs is 1. The van der Waals surface area contributed by atoms with Gasteiger partial charge < -0.3 is 9.84 Å². The van der Waals surface area contributed by atoms with E-state index in [1.54, 1.807) is 19.1 Å². The van der Waals surface area contributed by atoms with Gasteiger partial charge in [-0.3, -0.25) is 4.98 Å². The number of aryl methyl sites for hydroxylation is 1. The third-order valence-corrected chi connectivity index (χ3v) is 4.17. The number of ether oxygens (including phenoxy) is 1. The van der Waals surface area contributed by atoms with Crippen molar-refractivity contribution in [1.29, 1.82) is 0 Å². The SMILES string of the molecule is CC.COc1c(C)nc2cccnc2c1C(=O)O.c1ccc(-c2ccccc2)cc1. The second-order valence-electron chi connectivity index (χ2n) is 6.01. The Morgan fingerprint density at radius 2 is 1.40 bits per heavy atom. The summed E-state index contributed by atoms with van der Waals surface area (Å²) in [7, 11) is 1.42. The molecular weight excluding hydrogens is 376 g/mol. The predicted octanol–water partition coefficient (Wildman–Crippen LogP) is 6.02. The Morgan fingerprint density at radius 3 is 1.87 bits per heavy atom. The number of methoxy groups -OCH3 is 1. The molecule has 0 unspecified atom stereocenters. The van der Waals surface area contributed by atoms with Gasteiger partial charge in [0, 0.05) is 6.20 Å². The van der Waals surface area contributed by atoms with E-state index in [9.17, 15) is 9.90 Å². The average molecular weight is 402 g/mol. The highest BCUT2D eigenvalue weighted by Crippen LogP contribution is 2.27. The van der Waals surface area contributed by atoms with Gasteiger partial charge in [-0.15, -0.1) is 0 Å². The summed E-state index contributed by atoms with van der Waals surface area (Å²) in [5.74, 6) is -0.801. The normalized spacial score (nSPS) is 9.60. The van der Waals surface area contributed by atoms with Crippen LogP contribution in [0.3, 0.4) is 0 Å². The highest BCUT2D eigenvalue weighted by molar-refractivity contribution is 6.03. The monoisotopic (exact) mass is 402 g/mol. The highest BCUT2D eigenvalue weighted by Gasteiger charge is 2.19. The Hall–Kier alpha value is -3.73. The van der Waals surface area contributed by atoms with Crippen molar-refractivity contribution in [3.05, 3.63) is 90.3 Å². The van der Waals surface area contributed by atoms with E-state index in [1.165, 1.54) is 24.4 Å². The molecular formula is C25H26N2O3. The lowest BCUT2D eigenvalue weighted by molar-refractivity contribution is 0.0695. The van der Waals surface area contributed by atoms with Crippen molar-refractivity contribution in [1.82, 2.24) is 9.97 Å². The molecule has 4 rings (SSSR count). The van der Waals surface area contributed by atoms with Crippen molar-refractivity contribution >= 4 is 17.0 Å². The number of carbonyl (C=O) groups is 1. The molecule has 0 bridgehead atoms. The molecule has 2 aromatic heterocycles. The smallest absolute Gasteiger partial charge is 0.341 e. The maximum Gasteiger partial charge on any atom is 0.341 e. The van der Waals surface area contributed by atoms with Crippen LogP contribution in [0.2, 0.25) is 0 Å². The second kappa shape index (κ2) is 11.3. The first-order valence-corrected chi connectivity index (χ1v) is 9.75. The van der Waals surface area contributed by atoms with Crippen LogP contribution in [-0.2, 0) is 0 Å². The number of aromatic nitrogens is 2. The summed E-state index contributed by atoms with van der Waals surface area (Å²) in [6, 6.07) is 24.2. The maximum absolute atomic E-state index is 11.2. The number of carboxylic acid groups (broad SMARTS) is 1. The van der Waals surface area contributed by atoms with Crippen molar-refractivity contribution in [2.45, 2.75) is 20.8 Å². The summed E-state index contributed by atoms with van der Waals surface area (Å²) in [6.07, 6.45) is 1.53. The number of nitrogens with zero attached hydrogens (tertiary/aromatic N) is 2. The summed E-state index contributed by atoms with van der Waals surface area (Å²) in [6.45, 7) is 5.71. The van der Waals surface area contributed by atoms with Crippen LogP contribution in [0, 0.1) is 6.92 Å². The molecule has 0 aliphatic heterocycles. The number of benzene rings is 2. The first kappa shape index (κ1) is 22.6. The Balaban J connectivity index is 0.000000204. The quantitative estimate of drug-likeness (QED) is 0.453. The van der Waals surface area contributed by atoms with Gasteiger partial charge in [0.2, 0.25) is 0 Å². The van der Waals surface area contributed by atoms with Crippen LogP contribution in [0.1, 0.15) is 29.9 Å². The van der Waals surface area contributed by atoms with Crippen LogP contribution < -0.4 is 4.74 Å². The molecule has 0 radical (unpaired) electrons. The molecule has 30 heavy (non-hydrogen) atoms. The summed E-state index contributed by atoms with van der Waals surface area (Å²) in [5, 5.41) is 9.17. The zero-order valence-corrected chi connectivity index (χ0v) is 17.7. The van der Waals surface area contributed by atoms with Crippen LogP contribution in [0.25, 0.3) is 22.2 Å². The summed E-state index contributed by atoms with van der Waals surface area (Å²) in [4.78, 5) is 19.5. The van der Waals surface area contributed by atoms with Gasteiger partial charge in [-0.05, 0) is 30.2 Å². The van der Waals surface area contributed by atoms with E-state index in [4.69, 9.17) is 4.74 Å². The minimum Gasteiger partial charge on any atom is -0.494 e. The molecule has 0 aliphatic rings. The number of hydrogen-bond donors (Lipinski definition) is 1. The molecule has 4 aromatic rings. The lowest BCUT2D eigenvalue weighted by Gasteiger charge is -2.09. The molecule has 0 saturated heterocycles. The van der Waals surface area contributed by atoms with Crippen LogP contribution in [0.15, 0.2) is 79.0 Å². The molecule has 0 spiro atoms. The molecule has 0 atom stereocenters. The number of carboxylic acids is 1. The third kappa shape index (κ3) is 5.41. The fraction of sp³-hybridized carbons (Fsp3) is 0.160. The minimum absolute atomic E-state index is 0.0607. The van der Waals surface area contributed by atoms with E-state index in [1.807, 2.05) is 26.0 Å². The Labute approximate surface area is 177 Å². The molecule has 5 heteroatoms. The third-order valence-electron chi connectivity index (χ3n) is 4.17. The first-order valence-electron chi connectivity index (χ1n) is 9.75. The van der Waals surface area contributed by atoms with E-state index in [0.29, 0.717) is 16.7 Å². The molecule has 0 aliphatic carbocycles. The molecule has 0 fully saturated rings. The fourth-order valence-corrected chi connectivity index (χ4v) is 2.91. The van der Waals surface area contributed by atoms with Crippen LogP contribution in [0.5, 0.6) is 5.75 Å². The van der Waals surface area contributed by atoms with E-state index < -0.39 is 5.97 Å². The second-order valence-corrected chi connectivity index (χ2v) is 6.01. The molecule has 5 nitrogen and oxygen atoms in total. The van der Waals surface area contributed by atoms with Crippen molar-refractivity contribution in [3.63, 3.8) is 0 Å². The Kier molecular flexibility index (Phi) is 8.51. The molecule has 0 saturated carbocycles. The van der Waals surface area contributed by atoms with Crippen LogP contribution in [0.4, 0.5) is 0 Å². The number of pyridine rings is 2. The maximum atomic E-state index is 11.2. The lowest BCUT2D eigenvalue weighted by Crippen LogP contribution is -2.06. The van der Waals surface area contributed by atoms with E-state index >= 15 is 0 Å². The molecule has 2 heterocycles. The first-order chi connectivity index (χ1) is 14.6. The van der Waals surface area contributed by atoms with Gasteiger partial charge in [0.05, 0.1) is 18.3 Å². The van der Waals surface area contributed by atoms with Crippen LogP contribution in [-0.4, -0.2) is 28.2 Å². The summed E-state index contributed by atoms with van der Waals surface area (Å²) in [5.41, 5.74) is 4.05. The average Bonchev–Trinajstić information content (AvgIpc) is 2.81.